The smallest absolute Gasteiger partial charge is 0.251 e. The molecule has 0 bridgehead atoms. The van der Waals surface area contributed by atoms with E-state index in [0.29, 0.717) is 24.5 Å². The van der Waals surface area contributed by atoms with Crippen molar-refractivity contribution in [3.63, 3.8) is 0 Å². The summed E-state index contributed by atoms with van der Waals surface area (Å²) in [4.78, 5) is 16.3. The zero-order valence-electron chi connectivity index (χ0n) is 13.4. The standard InChI is InChI=1S/C16H19N3O4S/c1-3-19-24(21,22)14-6-4-13(5-7-14)16(20)18-11-12-8-9-17-15(10-12)23-2/h4-10,19H,3,11H2,1-2H3,(H,18,20). The van der Waals surface area contributed by atoms with Crippen molar-refractivity contribution in [1.82, 2.24) is 15.0 Å². The molecule has 2 aromatic rings. The molecule has 0 saturated carbocycles. The SMILES string of the molecule is CCNS(=O)(=O)c1ccc(C(=O)NCc2ccnc(OC)c2)cc1. The second kappa shape index (κ2) is 7.89. The lowest BCUT2D eigenvalue weighted by Gasteiger charge is -2.08. The zero-order chi connectivity index (χ0) is 17.6. The molecule has 2 N–H and O–H groups in total. The Kier molecular flexibility index (Phi) is 5.88. The summed E-state index contributed by atoms with van der Waals surface area (Å²) in [6, 6.07) is 9.27. The van der Waals surface area contributed by atoms with Crippen LogP contribution in [0.25, 0.3) is 0 Å². The molecule has 0 aliphatic heterocycles. The lowest BCUT2D eigenvalue weighted by Crippen LogP contribution is -2.24. The summed E-state index contributed by atoms with van der Waals surface area (Å²) < 4.78 is 31.1. The fourth-order valence-corrected chi connectivity index (χ4v) is 3.06. The number of hydrogen-bond acceptors (Lipinski definition) is 5. The number of nitrogens with one attached hydrogen (secondary N) is 2. The summed E-state index contributed by atoms with van der Waals surface area (Å²) in [6.45, 7) is 2.32. The summed E-state index contributed by atoms with van der Waals surface area (Å²) in [7, 11) is -2.00. The Hall–Kier alpha value is -2.45. The van der Waals surface area contributed by atoms with E-state index in [1.807, 2.05) is 0 Å². The first kappa shape index (κ1) is 17.9. The highest BCUT2D eigenvalue weighted by molar-refractivity contribution is 7.89. The quantitative estimate of drug-likeness (QED) is 0.786. The molecule has 0 atom stereocenters. The van der Waals surface area contributed by atoms with Crippen molar-refractivity contribution in [2.45, 2.75) is 18.4 Å². The number of hydrogen-bond donors (Lipinski definition) is 2. The molecule has 24 heavy (non-hydrogen) atoms. The number of ether oxygens (including phenoxy) is 1. The summed E-state index contributed by atoms with van der Waals surface area (Å²) >= 11 is 0. The molecule has 0 fully saturated rings. The molecule has 0 radical (unpaired) electrons. The van der Waals surface area contributed by atoms with Gasteiger partial charge in [0.1, 0.15) is 0 Å². The summed E-state index contributed by atoms with van der Waals surface area (Å²) in [6.07, 6.45) is 1.60. The number of carbonyl (C=O) groups is 1. The Morgan fingerprint density at radius 2 is 1.92 bits per heavy atom. The highest BCUT2D eigenvalue weighted by atomic mass is 32.2. The van der Waals surface area contributed by atoms with Gasteiger partial charge in [-0.25, -0.2) is 18.1 Å². The molecule has 7 nitrogen and oxygen atoms in total. The van der Waals surface area contributed by atoms with Crippen molar-refractivity contribution in [2.75, 3.05) is 13.7 Å². The molecular formula is C16H19N3O4S. The van der Waals surface area contributed by atoms with Crippen LogP contribution in [0.15, 0.2) is 47.5 Å². The van der Waals surface area contributed by atoms with E-state index in [9.17, 15) is 13.2 Å². The fraction of sp³-hybridized carbons (Fsp3) is 0.250. The maximum atomic E-state index is 12.1. The van der Waals surface area contributed by atoms with E-state index in [0.717, 1.165) is 5.56 Å². The Morgan fingerprint density at radius 3 is 2.54 bits per heavy atom. The van der Waals surface area contributed by atoms with Crippen molar-refractivity contribution in [3.05, 3.63) is 53.7 Å². The average molecular weight is 349 g/mol. The predicted molar refractivity (Wildman–Crippen MR) is 89.3 cm³/mol. The van der Waals surface area contributed by atoms with Gasteiger partial charge >= 0.3 is 0 Å². The van der Waals surface area contributed by atoms with Crippen LogP contribution in [0.1, 0.15) is 22.8 Å². The third kappa shape index (κ3) is 4.53. The number of methoxy groups -OCH3 is 1. The number of rotatable bonds is 7. The van der Waals surface area contributed by atoms with E-state index in [1.54, 1.807) is 25.3 Å². The second-order valence-corrected chi connectivity index (χ2v) is 6.68. The fourth-order valence-electron chi connectivity index (χ4n) is 2.02. The Bertz CT molecular complexity index is 804. The Morgan fingerprint density at radius 1 is 1.21 bits per heavy atom. The van der Waals surface area contributed by atoms with Crippen LogP contribution in [0.2, 0.25) is 0 Å². The summed E-state index contributed by atoms with van der Waals surface area (Å²) in [5.41, 5.74) is 1.23. The van der Waals surface area contributed by atoms with Crippen LogP contribution < -0.4 is 14.8 Å². The number of carbonyl (C=O) groups excluding carboxylic acids is 1. The van der Waals surface area contributed by atoms with Gasteiger partial charge in [-0.2, -0.15) is 0 Å². The molecule has 1 heterocycles. The minimum Gasteiger partial charge on any atom is -0.481 e. The number of aromatic nitrogens is 1. The molecule has 0 saturated heterocycles. The molecule has 8 heteroatoms. The van der Waals surface area contributed by atoms with Crippen molar-refractivity contribution in [1.29, 1.82) is 0 Å². The van der Waals surface area contributed by atoms with Crippen molar-refractivity contribution in [2.24, 2.45) is 0 Å². The maximum absolute atomic E-state index is 12.1. The summed E-state index contributed by atoms with van der Waals surface area (Å²) in [5.74, 6) is 0.179. The van der Waals surface area contributed by atoms with Gasteiger partial charge in [-0.1, -0.05) is 6.92 Å². The average Bonchev–Trinajstić information content (AvgIpc) is 2.60. The van der Waals surface area contributed by atoms with E-state index in [1.165, 1.54) is 31.4 Å². The van der Waals surface area contributed by atoms with Crippen molar-refractivity contribution >= 4 is 15.9 Å². The van der Waals surface area contributed by atoms with Gasteiger partial charge in [0.25, 0.3) is 5.91 Å². The van der Waals surface area contributed by atoms with E-state index in [2.05, 4.69) is 15.0 Å². The number of nitrogens with zero attached hydrogens (tertiary/aromatic N) is 1. The summed E-state index contributed by atoms with van der Waals surface area (Å²) in [5, 5.41) is 2.76. The molecule has 0 aliphatic carbocycles. The Balaban J connectivity index is 2.02. The van der Waals surface area contributed by atoms with Gasteiger partial charge in [-0.15, -0.1) is 0 Å². The number of pyridine rings is 1. The van der Waals surface area contributed by atoms with Crippen molar-refractivity contribution < 1.29 is 17.9 Å². The normalized spacial score (nSPS) is 11.1. The van der Waals surface area contributed by atoms with Crippen LogP contribution in [-0.4, -0.2) is 33.0 Å². The molecule has 1 amide bonds. The second-order valence-electron chi connectivity index (χ2n) is 4.91. The zero-order valence-corrected chi connectivity index (χ0v) is 14.3. The molecule has 0 spiro atoms. The van der Waals surface area contributed by atoms with Crippen LogP contribution in [-0.2, 0) is 16.6 Å². The van der Waals surface area contributed by atoms with Crippen LogP contribution in [0.4, 0.5) is 0 Å². The first-order valence-corrected chi connectivity index (χ1v) is 8.81. The largest absolute Gasteiger partial charge is 0.481 e. The van der Waals surface area contributed by atoms with Gasteiger partial charge in [0.2, 0.25) is 15.9 Å². The number of amides is 1. The van der Waals surface area contributed by atoms with Crippen LogP contribution >= 0.6 is 0 Å². The predicted octanol–water partition coefficient (Wildman–Crippen LogP) is 1.32. The Labute approximate surface area is 141 Å². The lowest BCUT2D eigenvalue weighted by atomic mass is 10.2. The highest BCUT2D eigenvalue weighted by Gasteiger charge is 2.13. The molecule has 0 aliphatic rings. The van der Waals surface area contributed by atoms with Gasteiger partial charge in [-0.05, 0) is 35.9 Å². The molecular weight excluding hydrogens is 330 g/mol. The van der Waals surface area contributed by atoms with Gasteiger partial charge in [0.15, 0.2) is 0 Å². The number of sulfonamides is 1. The third-order valence-corrected chi connectivity index (χ3v) is 4.78. The van der Waals surface area contributed by atoms with Crippen molar-refractivity contribution in [3.8, 4) is 5.88 Å². The maximum Gasteiger partial charge on any atom is 0.251 e. The first-order chi connectivity index (χ1) is 11.5. The highest BCUT2D eigenvalue weighted by Crippen LogP contribution is 2.11. The molecule has 0 unspecified atom stereocenters. The topological polar surface area (TPSA) is 97.4 Å². The van der Waals surface area contributed by atoms with E-state index in [4.69, 9.17) is 4.74 Å². The van der Waals surface area contributed by atoms with Gasteiger partial charge in [-0.3, -0.25) is 4.79 Å². The minimum absolute atomic E-state index is 0.125. The van der Waals surface area contributed by atoms with Gasteiger partial charge < -0.3 is 10.1 Å². The van der Waals surface area contributed by atoms with Crippen LogP contribution in [0.3, 0.4) is 0 Å². The minimum atomic E-state index is -3.52. The molecule has 2 rings (SSSR count). The monoisotopic (exact) mass is 349 g/mol. The molecule has 128 valence electrons. The van der Waals surface area contributed by atoms with E-state index >= 15 is 0 Å². The van der Waals surface area contributed by atoms with Gasteiger partial charge in [0.05, 0.1) is 12.0 Å². The van der Waals surface area contributed by atoms with Crippen LogP contribution in [0, 0.1) is 0 Å². The number of benzene rings is 1. The third-order valence-electron chi connectivity index (χ3n) is 3.22. The first-order valence-electron chi connectivity index (χ1n) is 7.33. The molecule has 1 aromatic heterocycles. The van der Waals surface area contributed by atoms with Gasteiger partial charge in [0, 0.05) is 30.9 Å². The van der Waals surface area contributed by atoms with E-state index < -0.39 is 10.0 Å². The van der Waals surface area contributed by atoms with E-state index in [-0.39, 0.29) is 10.8 Å². The lowest BCUT2D eigenvalue weighted by molar-refractivity contribution is 0.0950. The van der Waals surface area contributed by atoms with Crippen LogP contribution in [0.5, 0.6) is 5.88 Å². The molecule has 1 aromatic carbocycles.